The third-order valence-corrected chi connectivity index (χ3v) is 1.87. The molecule has 0 aromatic heterocycles. The Morgan fingerprint density at radius 1 is 1.07 bits per heavy atom. The fraction of sp³-hybridized carbons (Fsp3) is 0.385. The number of benzene rings is 1. The zero-order valence-electron chi connectivity index (χ0n) is 9.25. The van der Waals surface area contributed by atoms with Crippen LogP contribution in [0.2, 0.25) is 0 Å². The van der Waals surface area contributed by atoms with Crippen molar-refractivity contribution in [2.45, 2.75) is 19.8 Å². The SMILES string of the molecule is CCCC#CCOc1ccc(OC)cc1. The summed E-state index contributed by atoms with van der Waals surface area (Å²) in [6.45, 7) is 2.56. The molecule has 1 aromatic carbocycles. The maximum atomic E-state index is 5.42. The van der Waals surface area contributed by atoms with Gasteiger partial charge >= 0.3 is 0 Å². The van der Waals surface area contributed by atoms with Gasteiger partial charge in [-0.2, -0.15) is 0 Å². The average molecular weight is 204 g/mol. The van der Waals surface area contributed by atoms with Crippen LogP contribution in [0.5, 0.6) is 11.5 Å². The van der Waals surface area contributed by atoms with Crippen molar-refractivity contribution >= 4 is 0 Å². The van der Waals surface area contributed by atoms with Gasteiger partial charge in [0.15, 0.2) is 0 Å². The van der Waals surface area contributed by atoms with Crippen LogP contribution in [-0.4, -0.2) is 13.7 Å². The van der Waals surface area contributed by atoms with E-state index in [-0.39, 0.29) is 0 Å². The lowest BCUT2D eigenvalue weighted by atomic mass is 10.3. The first-order valence-corrected chi connectivity index (χ1v) is 5.09. The summed E-state index contributed by atoms with van der Waals surface area (Å²) >= 11 is 0. The van der Waals surface area contributed by atoms with Crippen LogP contribution in [0.25, 0.3) is 0 Å². The van der Waals surface area contributed by atoms with Crippen LogP contribution in [-0.2, 0) is 0 Å². The molecule has 15 heavy (non-hydrogen) atoms. The summed E-state index contributed by atoms with van der Waals surface area (Å²) in [6.07, 6.45) is 2.03. The van der Waals surface area contributed by atoms with Crippen LogP contribution in [0.3, 0.4) is 0 Å². The second kappa shape index (κ2) is 6.78. The second-order valence-electron chi connectivity index (χ2n) is 3.07. The molecule has 0 amide bonds. The molecular weight excluding hydrogens is 188 g/mol. The minimum absolute atomic E-state index is 0.451. The van der Waals surface area contributed by atoms with Gasteiger partial charge in [0.05, 0.1) is 7.11 Å². The number of hydrogen-bond acceptors (Lipinski definition) is 2. The largest absolute Gasteiger partial charge is 0.497 e. The molecule has 0 N–H and O–H groups in total. The number of unbranched alkanes of at least 4 members (excludes halogenated alkanes) is 1. The molecular formula is C13H16O2. The van der Waals surface area contributed by atoms with Crippen molar-refractivity contribution in [2.24, 2.45) is 0 Å². The standard InChI is InChI=1S/C13H16O2/c1-3-4-5-6-11-15-13-9-7-12(14-2)8-10-13/h7-10H,3-4,11H2,1-2H3. The summed E-state index contributed by atoms with van der Waals surface area (Å²) in [5.74, 6) is 7.64. The van der Waals surface area contributed by atoms with Crippen molar-refractivity contribution < 1.29 is 9.47 Å². The maximum Gasteiger partial charge on any atom is 0.149 e. The van der Waals surface area contributed by atoms with E-state index in [4.69, 9.17) is 9.47 Å². The first kappa shape index (κ1) is 11.5. The van der Waals surface area contributed by atoms with Crippen LogP contribution < -0.4 is 9.47 Å². The molecule has 0 aliphatic rings. The Morgan fingerprint density at radius 2 is 1.73 bits per heavy atom. The quantitative estimate of drug-likeness (QED) is 0.702. The van der Waals surface area contributed by atoms with E-state index in [0.29, 0.717) is 6.61 Å². The maximum absolute atomic E-state index is 5.42. The van der Waals surface area contributed by atoms with Gasteiger partial charge in [-0.25, -0.2) is 0 Å². The molecule has 0 saturated heterocycles. The van der Waals surface area contributed by atoms with Crippen LogP contribution >= 0.6 is 0 Å². The second-order valence-corrected chi connectivity index (χ2v) is 3.07. The third kappa shape index (κ3) is 4.42. The monoisotopic (exact) mass is 204 g/mol. The van der Waals surface area contributed by atoms with E-state index in [1.807, 2.05) is 24.3 Å². The predicted molar refractivity (Wildman–Crippen MR) is 61.2 cm³/mol. The van der Waals surface area contributed by atoms with Crippen molar-refractivity contribution in [1.82, 2.24) is 0 Å². The summed E-state index contributed by atoms with van der Waals surface area (Å²) in [5, 5.41) is 0. The van der Waals surface area contributed by atoms with E-state index in [1.165, 1.54) is 0 Å². The lowest BCUT2D eigenvalue weighted by Crippen LogP contribution is -1.93. The lowest BCUT2D eigenvalue weighted by Gasteiger charge is -2.03. The van der Waals surface area contributed by atoms with E-state index in [2.05, 4.69) is 18.8 Å². The van der Waals surface area contributed by atoms with Crippen LogP contribution in [0, 0.1) is 11.8 Å². The summed E-state index contributed by atoms with van der Waals surface area (Å²) in [7, 11) is 1.64. The molecule has 0 unspecified atom stereocenters. The topological polar surface area (TPSA) is 18.5 Å². The fourth-order valence-electron chi connectivity index (χ4n) is 1.06. The van der Waals surface area contributed by atoms with Gasteiger partial charge in [-0.05, 0) is 30.7 Å². The Labute approximate surface area is 91.2 Å². The van der Waals surface area contributed by atoms with Crippen molar-refractivity contribution in [3.63, 3.8) is 0 Å². The smallest absolute Gasteiger partial charge is 0.149 e. The zero-order chi connectivity index (χ0) is 10.9. The van der Waals surface area contributed by atoms with E-state index in [1.54, 1.807) is 7.11 Å². The van der Waals surface area contributed by atoms with Crippen LogP contribution in [0.1, 0.15) is 19.8 Å². The number of rotatable bonds is 4. The van der Waals surface area contributed by atoms with Crippen LogP contribution in [0.4, 0.5) is 0 Å². The normalized spacial score (nSPS) is 8.93. The number of ether oxygens (including phenoxy) is 2. The fourth-order valence-corrected chi connectivity index (χ4v) is 1.06. The molecule has 0 bridgehead atoms. The molecule has 0 aliphatic carbocycles. The summed E-state index contributed by atoms with van der Waals surface area (Å²) < 4.78 is 10.5. The van der Waals surface area contributed by atoms with Gasteiger partial charge in [0.25, 0.3) is 0 Å². The van der Waals surface area contributed by atoms with Gasteiger partial charge in [-0.15, -0.1) is 0 Å². The molecule has 1 rings (SSSR count). The molecule has 0 atom stereocenters. The van der Waals surface area contributed by atoms with Gasteiger partial charge in [0.1, 0.15) is 18.1 Å². The summed E-state index contributed by atoms with van der Waals surface area (Å²) in [4.78, 5) is 0. The Bertz CT molecular complexity index is 330. The molecule has 0 fully saturated rings. The molecule has 0 radical (unpaired) electrons. The van der Waals surface area contributed by atoms with Gasteiger partial charge in [0, 0.05) is 6.42 Å². The molecule has 0 heterocycles. The molecule has 2 nitrogen and oxygen atoms in total. The van der Waals surface area contributed by atoms with E-state index < -0.39 is 0 Å². The first-order valence-electron chi connectivity index (χ1n) is 5.09. The highest BCUT2D eigenvalue weighted by Crippen LogP contribution is 2.16. The van der Waals surface area contributed by atoms with Gasteiger partial charge in [-0.3, -0.25) is 0 Å². The van der Waals surface area contributed by atoms with E-state index in [0.717, 1.165) is 24.3 Å². The van der Waals surface area contributed by atoms with Crippen molar-refractivity contribution in [3.05, 3.63) is 24.3 Å². The number of methoxy groups -OCH3 is 1. The zero-order valence-corrected chi connectivity index (χ0v) is 9.25. The molecule has 2 heteroatoms. The van der Waals surface area contributed by atoms with Crippen molar-refractivity contribution in [1.29, 1.82) is 0 Å². The highest BCUT2D eigenvalue weighted by atomic mass is 16.5. The lowest BCUT2D eigenvalue weighted by molar-refractivity contribution is 0.367. The van der Waals surface area contributed by atoms with Gasteiger partial charge < -0.3 is 9.47 Å². The average Bonchev–Trinajstić information content (AvgIpc) is 2.30. The van der Waals surface area contributed by atoms with E-state index >= 15 is 0 Å². The summed E-state index contributed by atoms with van der Waals surface area (Å²) in [5.41, 5.74) is 0. The highest BCUT2D eigenvalue weighted by Gasteiger charge is 1.92. The van der Waals surface area contributed by atoms with Crippen LogP contribution in [0.15, 0.2) is 24.3 Å². The Kier molecular flexibility index (Phi) is 5.18. The Hall–Kier alpha value is -1.62. The highest BCUT2D eigenvalue weighted by molar-refractivity contribution is 5.31. The van der Waals surface area contributed by atoms with Gasteiger partial charge in [-0.1, -0.05) is 18.8 Å². The summed E-state index contributed by atoms with van der Waals surface area (Å²) in [6, 6.07) is 7.49. The molecule has 1 aromatic rings. The minimum Gasteiger partial charge on any atom is -0.497 e. The molecule has 0 spiro atoms. The first-order chi connectivity index (χ1) is 7.36. The molecule has 80 valence electrons. The minimum atomic E-state index is 0.451. The van der Waals surface area contributed by atoms with Gasteiger partial charge in [0.2, 0.25) is 0 Å². The van der Waals surface area contributed by atoms with Crippen molar-refractivity contribution in [2.75, 3.05) is 13.7 Å². The molecule has 0 aliphatic heterocycles. The Morgan fingerprint density at radius 3 is 2.33 bits per heavy atom. The molecule has 0 saturated carbocycles. The third-order valence-electron chi connectivity index (χ3n) is 1.87. The Balaban J connectivity index is 2.35. The van der Waals surface area contributed by atoms with E-state index in [9.17, 15) is 0 Å². The predicted octanol–water partition coefficient (Wildman–Crippen LogP) is 2.88. The number of hydrogen-bond donors (Lipinski definition) is 0. The van der Waals surface area contributed by atoms with Crippen molar-refractivity contribution in [3.8, 4) is 23.3 Å².